The molecule has 1 N–H and O–H groups in total. The zero-order valence-electron chi connectivity index (χ0n) is 19.3. The number of aliphatic hydroxyl groups excluding tert-OH is 1. The number of hydrogen-bond acceptors (Lipinski definition) is 7. The molecule has 0 amide bonds. The third-order valence-corrected chi connectivity index (χ3v) is 7.84. The van der Waals surface area contributed by atoms with Crippen molar-refractivity contribution in [2.45, 2.75) is 63.1 Å². The first-order valence-electron chi connectivity index (χ1n) is 11.3. The van der Waals surface area contributed by atoms with Crippen LogP contribution in [0.15, 0.2) is 24.4 Å². The van der Waals surface area contributed by atoms with Crippen molar-refractivity contribution in [3.05, 3.63) is 46.8 Å². The molecule has 0 radical (unpaired) electrons. The first-order valence-corrected chi connectivity index (χ1v) is 11.3. The molecule has 1 saturated heterocycles. The number of aliphatic hydroxyl groups is 1. The minimum Gasteiger partial charge on any atom is -0.493 e. The van der Waals surface area contributed by atoms with Gasteiger partial charge in [0.2, 0.25) is 5.79 Å². The highest BCUT2D eigenvalue weighted by molar-refractivity contribution is 5.47. The summed E-state index contributed by atoms with van der Waals surface area (Å²) in [6.45, 7) is 3.36. The summed E-state index contributed by atoms with van der Waals surface area (Å²) in [5, 5.41) is 9.71. The Hall–Kier alpha value is -2.35. The fourth-order valence-electron chi connectivity index (χ4n) is 5.95. The van der Waals surface area contributed by atoms with Gasteiger partial charge in [0, 0.05) is 41.6 Å². The predicted molar refractivity (Wildman–Crippen MR) is 119 cm³/mol. The van der Waals surface area contributed by atoms with Gasteiger partial charge < -0.3 is 29.0 Å². The standard InChI is InChI=1S/C25H32N2O5/c1-16-23-19(17(14-28)13-26-16)15-31-25(32-23)8-7-24(9-10-27(2)22(24)12-25)18-5-6-20(29-3)21(11-18)30-4/h5-6,11,13,22,28H,7-10,12,14-15H2,1-4H3. The number of benzene rings is 1. The second kappa shape index (κ2) is 7.90. The molecule has 1 aromatic heterocycles. The van der Waals surface area contributed by atoms with Crippen molar-refractivity contribution in [2.24, 2.45) is 0 Å². The van der Waals surface area contributed by atoms with Crippen molar-refractivity contribution in [3.63, 3.8) is 0 Å². The minimum absolute atomic E-state index is 0.0206. The molecule has 1 aromatic carbocycles. The molecule has 3 unspecified atom stereocenters. The molecule has 3 aliphatic rings. The van der Waals surface area contributed by atoms with E-state index in [1.165, 1.54) is 5.56 Å². The van der Waals surface area contributed by atoms with Crippen LogP contribution in [0, 0.1) is 6.92 Å². The Morgan fingerprint density at radius 3 is 2.75 bits per heavy atom. The molecule has 5 rings (SSSR count). The summed E-state index contributed by atoms with van der Waals surface area (Å²) in [6.07, 6.45) is 5.34. The van der Waals surface area contributed by atoms with Gasteiger partial charge in [0.25, 0.3) is 0 Å². The number of aryl methyl sites for hydroxylation is 1. The van der Waals surface area contributed by atoms with Crippen molar-refractivity contribution >= 4 is 0 Å². The van der Waals surface area contributed by atoms with Gasteiger partial charge in [-0.25, -0.2) is 0 Å². The first-order chi connectivity index (χ1) is 15.4. The SMILES string of the molecule is COc1ccc(C23CCN(C)C2CC2(CC3)OCc3c(CO)cnc(C)c3O2)cc1OC. The lowest BCUT2D eigenvalue weighted by molar-refractivity contribution is -0.236. The lowest BCUT2D eigenvalue weighted by Gasteiger charge is -2.51. The lowest BCUT2D eigenvalue weighted by atomic mass is 9.64. The van der Waals surface area contributed by atoms with Gasteiger partial charge in [0.05, 0.1) is 33.1 Å². The third kappa shape index (κ3) is 3.17. The number of nitrogens with zero attached hydrogens (tertiary/aromatic N) is 2. The molecule has 7 heteroatoms. The molecule has 172 valence electrons. The number of hydrogen-bond donors (Lipinski definition) is 1. The molecule has 2 aliphatic heterocycles. The van der Waals surface area contributed by atoms with E-state index in [2.05, 4.69) is 29.1 Å². The van der Waals surface area contributed by atoms with Gasteiger partial charge in [-0.2, -0.15) is 0 Å². The monoisotopic (exact) mass is 440 g/mol. The Bertz CT molecular complexity index is 1030. The lowest BCUT2D eigenvalue weighted by Crippen LogP contribution is -2.56. The summed E-state index contributed by atoms with van der Waals surface area (Å²) in [5.74, 6) is 1.63. The van der Waals surface area contributed by atoms with Crippen molar-refractivity contribution in [3.8, 4) is 17.2 Å². The summed E-state index contributed by atoms with van der Waals surface area (Å²) in [7, 11) is 5.55. The fraction of sp³-hybridized carbons (Fsp3) is 0.560. The zero-order valence-corrected chi connectivity index (χ0v) is 19.3. The average molecular weight is 441 g/mol. The van der Waals surface area contributed by atoms with Crippen LogP contribution in [0.2, 0.25) is 0 Å². The Morgan fingerprint density at radius 2 is 2.00 bits per heavy atom. The Balaban J connectivity index is 1.48. The van der Waals surface area contributed by atoms with E-state index in [0.717, 1.165) is 66.3 Å². The Morgan fingerprint density at radius 1 is 1.19 bits per heavy atom. The van der Waals surface area contributed by atoms with Crippen molar-refractivity contribution < 1.29 is 24.1 Å². The van der Waals surface area contributed by atoms with Gasteiger partial charge in [-0.15, -0.1) is 0 Å². The number of rotatable bonds is 4. The van der Waals surface area contributed by atoms with Crippen LogP contribution in [0.25, 0.3) is 0 Å². The number of pyridine rings is 1. The molecule has 2 aromatic rings. The van der Waals surface area contributed by atoms with Crippen LogP contribution in [0.4, 0.5) is 0 Å². The maximum absolute atomic E-state index is 9.71. The van der Waals surface area contributed by atoms with Crippen LogP contribution in [0.1, 0.15) is 48.1 Å². The quantitative estimate of drug-likeness (QED) is 0.782. The van der Waals surface area contributed by atoms with Gasteiger partial charge in [-0.3, -0.25) is 4.98 Å². The van der Waals surface area contributed by atoms with E-state index in [1.807, 2.05) is 13.0 Å². The van der Waals surface area contributed by atoms with Crippen LogP contribution in [0.3, 0.4) is 0 Å². The molecule has 32 heavy (non-hydrogen) atoms. The topological polar surface area (TPSA) is 73.3 Å². The Labute approximate surface area is 189 Å². The van der Waals surface area contributed by atoms with Crippen LogP contribution in [0.5, 0.6) is 17.2 Å². The van der Waals surface area contributed by atoms with Crippen LogP contribution in [-0.2, 0) is 23.4 Å². The summed E-state index contributed by atoms with van der Waals surface area (Å²) in [6, 6.07) is 6.62. The second-order valence-corrected chi connectivity index (χ2v) is 9.31. The van der Waals surface area contributed by atoms with Gasteiger partial charge in [-0.1, -0.05) is 6.07 Å². The maximum Gasteiger partial charge on any atom is 0.212 e. The molecule has 7 nitrogen and oxygen atoms in total. The number of ether oxygens (including phenoxy) is 4. The summed E-state index contributed by atoms with van der Waals surface area (Å²) < 4.78 is 24.1. The van der Waals surface area contributed by atoms with Crippen LogP contribution < -0.4 is 14.2 Å². The normalized spacial score (nSPS) is 29.3. The predicted octanol–water partition coefficient (Wildman–Crippen LogP) is 3.33. The smallest absolute Gasteiger partial charge is 0.212 e. The molecule has 2 fully saturated rings. The number of likely N-dealkylation sites (tertiary alicyclic amines) is 1. The number of aromatic nitrogens is 1. The van der Waals surface area contributed by atoms with Crippen LogP contribution >= 0.6 is 0 Å². The van der Waals surface area contributed by atoms with Crippen molar-refractivity contribution in [1.82, 2.24) is 9.88 Å². The van der Waals surface area contributed by atoms with Gasteiger partial charge in [-0.05, 0) is 51.1 Å². The number of likely N-dealkylation sites (N-methyl/N-ethyl adjacent to an activating group) is 1. The zero-order chi connectivity index (χ0) is 22.5. The highest BCUT2D eigenvalue weighted by Crippen LogP contribution is 2.54. The molecule has 1 spiro atoms. The maximum atomic E-state index is 9.71. The fourth-order valence-corrected chi connectivity index (χ4v) is 5.95. The highest BCUT2D eigenvalue weighted by Gasteiger charge is 2.57. The highest BCUT2D eigenvalue weighted by atomic mass is 16.7. The molecule has 0 bridgehead atoms. The van der Waals surface area contributed by atoms with E-state index in [9.17, 15) is 5.11 Å². The van der Waals surface area contributed by atoms with Crippen LogP contribution in [-0.4, -0.2) is 54.6 Å². The van der Waals surface area contributed by atoms with Gasteiger partial charge >= 0.3 is 0 Å². The molecule has 1 saturated carbocycles. The first kappa shape index (κ1) is 21.5. The van der Waals surface area contributed by atoms with E-state index in [-0.39, 0.29) is 18.1 Å². The van der Waals surface area contributed by atoms with Gasteiger partial charge in [0.1, 0.15) is 5.75 Å². The van der Waals surface area contributed by atoms with E-state index >= 15 is 0 Å². The number of methoxy groups -OCH3 is 2. The average Bonchev–Trinajstić information content (AvgIpc) is 3.16. The van der Waals surface area contributed by atoms with Crippen molar-refractivity contribution in [1.29, 1.82) is 0 Å². The largest absolute Gasteiger partial charge is 0.493 e. The molecular formula is C25H32N2O5. The molecule has 1 aliphatic carbocycles. The molecule has 3 atom stereocenters. The van der Waals surface area contributed by atoms with E-state index in [0.29, 0.717) is 6.61 Å². The summed E-state index contributed by atoms with van der Waals surface area (Å²) >= 11 is 0. The molecule has 3 heterocycles. The van der Waals surface area contributed by atoms with Gasteiger partial charge in [0.15, 0.2) is 11.5 Å². The van der Waals surface area contributed by atoms with Crippen molar-refractivity contribution in [2.75, 3.05) is 27.8 Å². The second-order valence-electron chi connectivity index (χ2n) is 9.31. The van der Waals surface area contributed by atoms with E-state index in [4.69, 9.17) is 18.9 Å². The Kier molecular flexibility index (Phi) is 5.31. The minimum atomic E-state index is -0.670. The van der Waals surface area contributed by atoms with E-state index < -0.39 is 5.79 Å². The summed E-state index contributed by atoms with van der Waals surface area (Å²) in [4.78, 5) is 6.88. The summed E-state index contributed by atoms with van der Waals surface area (Å²) in [5.41, 5.74) is 3.84. The number of fused-ring (bicyclic) bond motifs is 2. The van der Waals surface area contributed by atoms with E-state index in [1.54, 1.807) is 20.4 Å². The third-order valence-electron chi connectivity index (χ3n) is 7.84. The molecular weight excluding hydrogens is 408 g/mol.